The van der Waals surface area contributed by atoms with E-state index in [1.165, 1.54) is 11.8 Å². The lowest BCUT2D eigenvalue weighted by molar-refractivity contribution is -0.137. The first kappa shape index (κ1) is 21.2. The lowest BCUT2D eigenvalue weighted by Gasteiger charge is -2.34. The van der Waals surface area contributed by atoms with Gasteiger partial charge in [0.1, 0.15) is 0 Å². The minimum atomic E-state index is 0.0439. The molecule has 0 bridgehead atoms. The highest BCUT2D eigenvalue weighted by Crippen LogP contribution is 2.26. The fraction of sp³-hybridized carbons (Fsp3) is 0.364. The van der Waals surface area contributed by atoms with E-state index in [0.717, 1.165) is 5.56 Å². The Bertz CT molecular complexity index is 1010. The average molecular weight is 440 g/mol. The summed E-state index contributed by atoms with van der Waals surface area (Å²) in [6.07, 6.45) is 2.11. The Balaban J connectivity index is 1.43. The van der Waals surface area contributed by atoms with Crippen molar-refractivity contribution in [3.8, 4) is 11.6 Å². The third kappa shape index (κ3) is 4.99. The van der Waals surface area contributed by atoms with Crippen LogP contribution in [-0.2, 0) is 16.1 Å². The van der Waals surface area contributed by atoms with Crippen LogP contribution in [0.4, 0.5) is 0 Å². The largest absolute Gasteiger partial charge is 0.461 e. The molecule has 31 heavy (non-hydrogen) atoms. The summed E-state index contributed by atoms with van der Waals surface area (Å²) in [6.45, 7) is 4.77. The highest BCUT2D eigenvalue weighted by molar-refractivity contribution is 7.99. The summed E-state index contributed by atoms with van der Waals surface area (Å²) in [7, 11) is 0. The molecule has 1 fully saturated rings. The summed E-state index contributed by atoms with van der Waals surface area (Å²) in [4.78, 5) is 28.2. The molecule has 9 heteroatoms. The molecule has 2 aromatic heterocycles. The maximum absolute atomic E-state index is 12.7. The number of amides is 2. The fourth-order valence-electron chi connectivity index (χ4n) is 3.54. The Hall–Kier alpha value is -3.07. The van der Waals surface area contributed by atoms with Gasteiger partial charge in [-0.3, -0.25) is 14.2 Å². The number of carbonyl (C=O) groups is 2. The maximum atomic E-state index is 12.7. The van der Waals surface area contributed by atoms with E-state index in [9.17, 15) is 9.59 Å². The zero-order valence-corrected chi connectivity index (χ0v) is 18.3. The number of benzene rings is 1. The number of hydrogen-bond acceptors (Lipinski definition) is 6. The molecular weight excluding hydrogens is 414 g/mol. The van der Waals surface area contributed by atoms with Crippen molar-refractivity contribution in [2.24, 2.45) is 0 Å². The maximum Gasteiger partial charge on any atom is 0.233 e. The van der Waals surface area contributed by atoms with E-state index in [4.69, 9.17) is 4.42 Å². The quantitative estimate of drug-likeness (QED) is 0.527. The van der Waals surface area contributed by atoms with Crippen LogP contribution in [-0.4, -0.2) is 68.3 Å². The van der Waals surface area contributed by atoms with Crippen LogP contribution >= 0.6 is 11.8 Å². The van der Waals surface area contributed by atoms with Gasteiger partial charge in [-0.25, -0.2) is 0 Å². The fourth-order valence-corrected chi connectivity index (χ4v) is 4.38. The van der Waals surface area contributed by atoms with E-state index in [1.54, 1.807) is 6.26 Å². The van der Waals surface area contributed by atoms with Crippen LogP contribution in [0.2, 0.25) is 0 Å². The van der Waals surface area contributed by atoms with Gasteiger partial charge in [-0.2, -0.15) is 0 Å². The molecule has 0 N–H and O–H groups in total. The van der Waals surface area contributed by atoms with Crippen molar-refractivity contribution >= 4 is 23.6 Å². The number of carbonyl (C=O) groups excluding carboxylic acids is 2. The molecule has 3 aromatic rings. The van der Waals surface area contributed by atoms with Crippen molar-refractivity contribution in [1.82, 2.24) is 24.6 Å². The topological polar surface area (TPSA) is 84.5 Å². The number of nitrogens with zero attached hydrogens (tertiary/aromatic N) is 5. The highest BCUT2D eigenvalue weighted by atomic mass is 32.2. The Kier molecular flexibility index (Phi) is 6.71. The Morgan fingerprint density at radius 3 is 2.32 bits per heavy atom. The summed E-state index contributed by atoms with van der Waals surface area (Å²) < 4.78 is 7.51. The molecular formula is C22H25N5O3S. The van der Waals surface area contributed by atoms with Gasteiger partial charge in [0, 0.05) is 32.6 Å². The van der Waals surface area contributed by atoms with Crippen LogP contribution in [0.15, 0.2) is 58.3 Å². The third-order valence-electron chi connectivity index (χ3n) is 5.25. The summed E-state index contributed by atoms with van der Waals surface area (Å²) >= 11 is 1.37. The van der Waals surface area contributed by atoms with E-state index in [2.05, 4.69) is 10.2 Å². The molecule has 0 spiro atoms. The number of thioether (sulfide) groups is 1. The van der Waals surface area contributed by atoms with Crippen molar-refractivity contribution in [3.05, 3.63) is 54.3 Å². The second-order valence-electron chi connectivity index (χ2n) is 7.26. The van der Waals surface area contributed by atoms with Gasteiger partial charge in [0.2, 0.25) is 17.6 Å². The molecule has 162 valence electrons. The smallest absolute Gasteiger partial charge is 0.233 e. The summed E-state index contributed by atoms with van der Waals surface area (Å²) in [5.41, 5.74) is 1.11. The highest BCUT2D eigenvalue weighted by Gasteiger charge is 2.24. The Morgan fingerprint density at radius 1 is 0.968 bits per heavy atom. The zero-order valence-electron chi connectivity index (χ0n) is 17.4. The van der Waals surface area contributed by atoms with Crippen molar-refractivity contribution in [2.45, 2.75) is 25.0 Å². The Labute approximate surface area is 185 Å². The first-order valence-electron chi connectivity index (χ1n) is 10.3. The van der Waals surface area contributed by atoms with E-state index in [-0.39, 0.29) is 17.6 Å². The first-order chi connectivity index (χ1) is 15.2. The number of aromatic nitrogens is 3. The van der Waals surface area contributed by atoms with E-state index in [0.29, 0.717) is 55.9 Å². The predicted octanol–water partition coefficient (Wildman–Crippen LogP) is 2.76. The van der Waals surface area contributed by atoms with Crippen LogP contribution in [0, 0.1) is 0 Å². The van der Waals surface area contributed by atoms with E-state index < -0.39 is 0 Å². The first-order valence-corrected chi connectivity index (χ1v) is 11.3. The molecule has 4 rings (SSSR count). The van der Waals surface area contributed by atoms with Crippen LogP contribution in [0.5, 0.6) is 0 Å². The lowest BCUT2D eigenvalue weighted by atomic mass is 10.2. The van der Waals surface area contributed by atoms with Gasteiger partial charge in [0.15, 0.2) is 10.9 Å². The van der Waals surface area contributed by atoms with E-state index in [1.807, 2.05) is 63.8 Å². The minimum Gasteiger partial charge on any atom is -0.461 e. The van der Waals surface area contributed by atoms with Crippen LogP contribution < -0.4 is 0 Å². The summed E-state index contributed by atoms with van der Waals surface area (Å²) in [5, 5.41) is 9.31. The van der Waals surface area contributed by atoms with Crippen molar-refractivity contribution in [1.29, 1.82) is 0 Å². The van der Waals surface area contributed by atoms with Gasteiger partial charge in [-0.1, -0.05) is 49.0 Å². The molecule has 0 saturated carbocycles. The van der Waals surface area contributed by atoms with Gasteiger partial charge in [0.25, 0.3) is 0 Å². The zero-order chi connectivity index (χ0) is 21.6. The number of rotatable bonds is 7. The van der Waals surface area contributed by atoms with Gasteiger partial charge in [-0.15, -0.1) is 10.2 Å². The number of furan rings is 1. The van der Waals surface area contributed by atoms with Crippen molar-refractivity contribution in [3.63, 3.8) is 0 Å². The second kappa shape index (κ2) is 9.82. The van der Waals surface area contributed by atoms with Gasteiger partial charge >= 0.3 is 0 Å². The average Bonchev–Trinajstić information content (AvgIpc) is 3.48. The van der Waals surface area contributed by atoms with Gasteiger partial charge in [-0.05, 0) is 17.7 Å². The van der Waals surface area contributed by atoms with Gasteiger partial charge in [0.05, 0.1) is 18.6 Å². The van der Waals surface area contributed by atoms with Crippen LogP contribution in [0.3, 0.4) is 0 Å². The van der Waals surface area contributed by atoms with Crippen molar-refractivity contribution < 1.29 is 14.0 Å². The molecule has 0 radical (unpaired) electrons. The second-order valence-corrected chi connectivity index (χ2v) is 8.20. The van der Waals surface area contributed by atoms with Crippen molar-refractivity contribution in [2.75, 3.05) is 31.9 Å². The molecule has 1 aliphatic heterocycles. The molecule has 2 amide bonds. The molecule has 0 aliphatic carbocycles. The molecule has 0 atom stereocenters. The predicted molar refractivity (Wildman–Crippen MR) is 117 cm³/mol. The monoisotopic (exact) mass is 439 g/mol. The molecule has 1 saturated heterocycles. The van der Waals surface area contributed by atoms with Gasteiger partial charge < -0.3 is 14.2 Å². The standard InChI is InChI=1S/C22H25N5O3S/c1-2-19(28)25-10-12-26(13-11-25)20(29)16-31-22-24-23-21(18-9-6-14-30-18)27(22)15-17-7-4-3-5-8-17/h3-9,14H,2,10-13,15-16H2,1H3. The normalized spacial score (nSPS) is 14.1. The molecule has 8 nitrogen and oxygen atoms in total. The van der Waals surface area contributed by atoms with Crippen LogP contribution in [0.25, 0.3) is 11.6 Å². The summed E-state index contributed by atoms with van der Waals surface area (Å²) in [5.74, 6) is 1.73. The third-order valence-corrected chi connectivity index (χ3v) is 6.21. The number of piperazine rings is 1. The lowest BCUT2D eigenvalue weighted by Crippen LogP contribution is -2.50. The molecule has 1 aromatic carbocycles. The number of hydrogen-bond donors (Lipinski definition) is 0. The molecule has 1 aliphatic rings. The van der Waals surface area contributed by atoms with Crippen LogP contribution in [0.1, 0.15) is 18.9 Å². The SMILES string of the molecule is CCC(=O)N1CCN(C(=O)CSc2nnc(-c3ccco3)n2Cc2ccccc2)CC1. The minimum absolute atomic E-state index is 0.0439. The molecule has 3 heterocycles. The van der Waals surface area contributed by atoms with E-state index >= 15 is 0 Å². The molecule has 0 unspecified atom stereocenters. The summed E-state index contributed by atoms with van der Waals surface area (Å²) in [6, 6.07) is 13.7. The Morgan fingerprint density at radius 2 is 1.68 bits per heavy atom.